The first-order chi connectivity index (χ1) is 11.6. The molecular formula is C17H13ClN4OS. The standard InChI is InChI=1S/C17H13ClN4OS/c1-10-21-16-12(15(24-10)11-5-4-8-19-17(11)23)9-20-22(16)14-7-3-2-6-13(14)18/h2-9,15H,1H3,(H,19,23)/t15-/m1/s1. The van der Waals surface area contributed by atoms with Gasteiger partial charge in [-0.1, -0.05) is 41.6 Å². The van der Waals surface area contributed by atoms with Gasteiger partial charge in [-0.15, -0.1) is 0 Å². The molecule has 1 aromatic carbocycles. The SMILES string of the molecule is CC1=Nc2c(cnn2-c2ccccc2Cl)[C@@H](c2ccc[nH]c2=O)S1. The van der Waals surface area contributed by atoms with Gasteiger partial charge in [0.25, 0.3) is 5.56 Å². The van der Waals surface area contributed by atoms with Gasteiger partial charge in [-0.2, -0.15) is 5.10 Å². The molecule has 1 aliphatic heterocycles. The summed E-state index contributed by atoms with van der Waals surface area (Å²) in [5, 5.41) is 5.81. The van der Waals surface area contributed by atoms with Crippen molar-refractivity contribution >= 4 is 34.2 Å². The molecule has 0 amide bonds. The van der Waals surface area contributed by atoms with Gasteiger partial charge < -0.3 is 4.98 Å². The molecule has 0 radical (unpaired) electrons. The van der Waals surface area contributed by atoms with E-state index < -0.39 is 0 Å². The molecule has 0 spiro atoms. The van der Waals surface area contributed by atoms with Gasteiger partial charge in [0.05, 0.1) is 27.2 Å². The number of rotatable bonds is 2. The maximum atomic E-state index is 12.2. The van der Waals surface area contributed by atoms with Crippen molar-refractivity contribution in [3.05, 3.63) is 75.3 Å². The molecule has 4 rings (SSSR count). The van der Waals surface area contributed by atoms with Crippen molar-refractivity contribution in [2.75, 3.05) is 0 Å². The van der Waals surface area contributed by atoms with E-state index in [-0.39, 0.29) is 10.8 Å². The topological polar surface area (TPSA) is 63.0 Å². The molecule has 1 N–H and O–H groups in total. The van der Waals surface area contributed by atoms with Crippen molar-refractivity contribution in [1.82, 2.24) is 14.8 Å². The summed E-state index contributed by atoms with van der Waals surface area (Å²) in [6, 6.07) is 11.2. The minimum Gasteiger partial charge on any atom is -0.329 e. The molecule has 24 heavy (non-hydrogen) atoms. The highest BCUT2D eigenvalue weighted by atomic mass is 35.5. The van der Waals surface area contributed by atoms with Crippen LogP contribution in [-0.2, 0) is 0 Å². The number of hydrogen-bond donors (Lipinski definition) is 1. The van der Waals surface area contributed by atoms with Crippen LogP contribution < -0.4 is 5.56 Å². The van der Waals surface area contributed by atoms with Gasteiger partial charge >= 0.3 is 0 Å². The van der Waals surface area contributed by atoms with Crippen molar-refractivity contribution in [1.29, 1.82) is 0 Å². The number of aromatic amines is 1. The predicted octanol–water partition coefficient (Wildman–Crippen LogP) is 4.10. The average molecular weight is 357 g/mol. The largest absolute Gasteiger partial charge is 0.329 e. The molecular weight excluding hydrogens is 344 g/mol. The van der Waals surface area contributed by atoms with Crippen LogP contribution in [0.5, 0.6) is 0 Å². The smallest absolute Gasteiger partial charge is 0.252 e. The number of aromatic nitrogens is 3. The molecule has 7 heteroatoms. The number of aliphatic imine (C=N–C) groups is 1. The lowest BCUT2D eigenvalue weighted by molar-refractivity contribution is 0.880. The molecule has 3 heterocycles. The summed E-state index contributed by atoms with van der Waals surface area (Å²) in [5.41, 5.74) is 2.27. The molecule has 1 atom stereocenters. The van der Waals surface area contributed by atoms with E-state index in [1.54, 1.807) is 28.8 Å². The van der Waals surface area contributed by atoms with Gasteiger partial charge in [0.1, 0.15) is 0 Å². The molecule has 2 aromatic heterocycles. The predicted molar refractivity (Wildman–Crippen MR) is 97.8 cm³/mol. The minimum absolute atomic E-state index is 0.0962. The van der Waals surface area contributed by atoms with Crippen LogP contribution in [0.1, 0.15) is 23.3 Å². The first-order valence-electron chi connectivity index (χ1n) is 7.37. The fraction of sp³-hybridized carbons (Fsp3) is 0.118. The van der Waals surface area contributed by atoms with E-state index in [0.717, 1.165) is 16.3 Å². The molecule has 0 saturated carbocycles. The van der Waals surface area contributed by atoms with Crippen LogP contribution in [0, 0.1) is 0 Å². The van der Waals surface area contributed by atoms with Gasteiger partial charge in [0.15, 0.2) is 5.82 Å². The zero-order valence-corrected chi connectivity index (χ0v) is 14.3. The summed E-state index contributed by atoms with van der Waals surface area (Å²) in [4.78, 5) is 19.6. The molecule has 0 aliphatic carbocycles. The van der Waals surface area contributed by atoms with Gasteiger partial charge in [-0.25, -0.2) is 9.67 Å². The van der Waals surface area contributed by atoms with Crippen LogP contribution >= 0.6 is 23.4 Å². The lowest BCUT2D eigenvalue weighted by Crippen LogP contribution is -2.16. The highest BCUT2D eigenvalue weighted by molar-refractivity contribution is 8.14. The van der Waals surface area contributed by atoms with Crippen molar-refractivity contribution < 1.29 is 0 Å². The van der Waals surface area contributed by atoms with E-state index in [9.17, 15) is 4.79 Å². The summed E-state index contributed by atoms with van der Waals surface area (Å²) < 4.78 is 1.73. The maximum Gasteiger partial charge on any atom is 0.252 e. The zero-order chi connectivity index (χ0) is 16.7. The summed E-state index contributed by atoms with van der Waals surface area (Å²) in [6.45, 7) is 1.93. The number of hydrogen-bond acceptors (Lipinski definition) is 4. The normalized spacial score (nSPS) is 16.6. The van der Waals surface area contributed by atoms with Crippen molar-refractivity contribution in [3.8, 4) is 5.69 Å². The molecule has 120 valence electrons. The average Bonchev–Trinajstić information content (AvgIpc) is 2.99. The van der Waals surface area contributed by atoms with E-state index in [0.29, 0.717) is 16.4 Å². The third-order valence-corrected chi connectivity index (χ3v) is 5.31. The lowest BCUT2D eigenvalue weighted by atomic mass is 10.1. The zero-order valence-electron chi connectivity index (χ0n) is 12.7. The molecule has 3 aromatic rings. The van der Waals surface area contributed by atoms with E-state index in [4.69, 9.17) is 11.6 Å². The Bertz CT molecular complexity index is 1010. The van der Waals surface area contributed by atoms with E-state index in [1.807, 2.05) is 43.3 Å². The fourth-order valence-electron chi connectivity index (χ4n) is 2.73. The van der Waals surface area contributed by atoms with Crippen LogP contribution in [0.25, 0.3) is 5.69 Å². The van der Waals surface area contributed by atoms with Gasteiger partial charge in [-0.05, 0) is 25.1 Å². The summed E-state index contributed by atoms with van der Waals surface area (Å²) in [6.07, 6.45) is 3.40. The molecule has 0 unspecified atom stereocenters. The van der Waals surface area contributed by atoms with Gasteiger partial charge in [-0.3, -0.25) is 4.79 Å². The summed E-state index contributed by atoms with van der Waals surface area (Å²) in [5.74, 6) is 0.715. The minimum atomic E-state index is -0.140. The second kappa shape index (κ2) is 5.96. The molecule has 5 nitrogen and oxygen atoms in total. The third-order valence-electron chi connectivity index (χ3n) is 3.82. The fourth-order valence-corrected chi connectivity index (χ4v) is 4.03. The number of para-hydroxylation sites is 1. The van der Waals surface area contributed by atoms with Crippen molar-refractivity contribution in [2.45, 2.75) is 12.2 Å². The Morgan fingerprint density at radius 1 is 1.21 bits per heavy atom. The summed E-state index contributed by atoms with van der Waals surface area (Å²) >= 11 is 7.86. The van der Waals surface area contributed by atoms with E-state index in [2.05, 4.69) is 15.1 Å². The maximum absolute atomic E-state index is 12.2. The third kappa shape index (κ3) is 2.48. The first kappa shape index (κ1) is 15.2. The highest BCUT2D eigenvalue weighted by Crippen LogP contribution is 2.45. The van der Waals surface area contributed by atoms with Gasteiger partial charge in [0.2, 0.25) is 0 Å². The van der Waals surface area contributed by atoms with Crippen LogP contribution in [0.4, 0.5) is 5.82 Å². The second-order valence-electron chi connectivity index (χ2n) is 5.37. The van der Waals surface area contributed by atoms with E-state index >= 15 is 0 Å². The molecule has 0 saturated heterocycles. The molecule has 0 fully saturated rings. The number of nitrogens with zero attached hydrogens (tertiary/aromatic N) is 3. The number of H-pyrrole nitrogens is 1. The number of halogens is 1. The number of nitrogens with one attached hydrogen (secondary N) is 1. The highest BCUT2D eigenvalue weighted by Gasteiger charge is 2.29. The van der Waals surface area contributed by atoms with Gasteiger partial charge in [0, 0.05) is 17.3 Å². The molecule has 0 bridgehead atoms. The number of benzene rings is 1. The Morgan fingerprint density at radius 3 is 2.83 bits per heavy atom. The monoisotopic (exact) mass is 356 g/mol. The Kier molecular flexibility index (Phi) is 3.78. The Morgan fingerprint density at radius 2 is 2.04 bits per heavy atom. The van der Waals surface area contributed by atoms with Crippen LogP contribution in [0.3, 0.4) is 0 Å². The van der Waals surface area contributed by atoms with Crippen molar-refractivity contribution in [3.63, 3.8) is 0 Å². The first-order valence-corrected chi connectivity index (χ1v) is 8.63. The van der Waals surface area contributed by atoms with Crippen molar-refractivity contribution in [2.24, 2.45) is 4.99 Å². The number of pyridine rings is 1. The molecule has 1 aliphatic rings. The van der Waals surface area contributed by atoms with Crippen LogP contribution in [0.2, 0.25) is 5.02 Å². The Balaban J connectivity index is 1.90. The Labute approximate surface area is 147 Å². The number of thioether (sulfide) groups is 1. The van der Waals surface area contributed by atoms with Crippen LogP contribution in [0.15, 0.2) is 58.6 Å². The number of fused-ring (bicyclic) bond motifs is 1. The van der Waals surface area contributed by atoms with Crippen LogP contribution in [-0.4, -0.2) is 19.8 Å². The quantitative estimate of drug-likeness (QED) is 0.751. The Hall–Kier alpha value is -2.31. The summed E-state index contributed by atoms with van der Waals surface area (Å²) in [7, 11) is 0. The second-order valence-corrected chi connectivity index (χ2v) is 7.08. The van der Waals surface area contributed by atoms with E-state index in [1.165, 1.54) is 0 Å². The lowest BCUT2D eigenvalue weighted by Gasteiger charge is -2.20.